The molecule has 166 valence electrons. The summed E-state index contributed by atoms with van der Waals surface area (Å²) in [6.07, 6.45) is 0.685. The van der Waals surface area contributed by atoms with E-state index in [9.17, 15) is 18.4 Å². The molecule has 0 bridgehead atoms. The molecule has 0 aliphatic carbocycles. The second-order valence-corrected chi connectivity index (χ2v) is 7.92. The zero-order valence-electron chi connectivity index (χ0n) is 17.6. The molecule has 0 spiro atoms. The van der Waals surface area contributed by atoms with Crippen molar-refractivity contribution in [2.24, 2.45) is 0 Å². The Morgan fingerprint density at radius 3 is 2.68 bits per heavy atom. The van der Waals surface area contributed by atoms with Crippen LogP contribution in [0.4, 0.5) is 8.78 Å². The summed E-state index contributed by atoms with van der Waals surface area (Å²) in [6, 6.07) is 5.39. The predicted octanol–water partition coefficient (Wildman–Crippen LogP) is 2.02. The third-order valence-corrected chi connectivity index (χ3v) is 5.95. The van der Waals surface area contributed by atoms with Crippen LogP contribution >= 0.6 is 0 Å². The number of nitrogens with zero attached hydrogens (tertiary/aromatic N) is 3. The van der Waals surface area contributed by atoms with Gasteiger partial charge in [0.25, 0.3) is 5.91 Å². The first-order valence-electron chi connectivity index (χ1n) is 10.2. The molecular formula is C21H25F2N5O3. The number of hydrogen-bond donors (Lipinski definition) is 2. The highest BCUT2D eigenvalue weighted by atomic mass is 19.3. The second kappa shape index (κ2) is 8.26. The van der Waals surface area contributed by atoms with E-state index in [-0.39, 0.29) is 36.2 Å². The summed E-state index contributed by atoms with van der Waals surface area (Å²) in [7, 11) is 1.56. The molecule has 2 amide bonds. The molecule has 2 aromatic rings. The van der Waals surface area contributed by atoms with Crippen molar-refractivity contribution in [3.05, 3.63) is 46.8 Å². The number of nitrogens with one attached hydrogen (secondary N) is 2. The monoisotopic (exact) mass is 433 g/mol. The smallest absolute Gasteiger partial charge is 0.387 e. The maximum Gasteiger partial charge on any atom is 0.387 e. The van der Waals surface area contributed by atoms with Gasteiger partial charge in [0, 0.05) is 31.6 Å². The van der Waals surface area contributed by atoms with Gasteiger partial charge in [0.15, 0.2) is 0 Å². The number of likely N-dealkylation sites (N-methyl/N-ethyl adjacent to an activating group) is 1. The highest BCUT2D eigenvalue weighted by Gasteiger charge is 2.41. The van der Waals surface area contributed by atoms with E-state index < -0.39 is 12.7 Å². The number of alkyl halides is 2. The van der Waals surface area contributed by atoms with E-state index in [4.69, 9.17) is 0 Å². The number of fused-ring (bicyclic) bond motifs is 3. The Morgan fingerprint density at radius 1 is 1.32 bits per heavy atom. The van der Waals surface area contributed by atoms with Crippen LogP contribution in [-0.2, 0) is 17.8 Å². The molecule has 2 aliphatic rings. The molecule has 0 fully saturated rings. The molecule has 1 aromatic carbocycles. The summed E-state index contributed by atoms with van der Waals surface area (Å²) in [6.45, 7) is 1.67. The number of carbonyl (C=O) groups excluding carboxylic acids is 2. The quantitative estimate of drug-likeness (QED) is 0.753. The SMILES string of the molecule is CNC(=O)[C@@H]1CN([C@@H](C)c2ccc(OC(F)F)cc2)C(=O)c2c3c(nn21)C[C@@H](C)NC3. The topological polar surface area (TPSA) is 88.5 Å². The Labute approximate surface area is 178 Å². The molecule has 3 atom stereocenters. The highest BCUT2D eigenvalue weighted by molar-refractivity contribution is 5.97. The van der Waals surface area contributed by atoms with Gasteiger partial charge in [-0.3, -0.25) is 9.59 Å². The Balaban J connectivity index is 1.68. The number of halogens is 2. The first-order chi connectivity index (χ1) is 14.8. The molecule has 2 N–H and O–H groups in total. The van der Waals surface area contributed by atoms with Crippen LogP contribution in [-0.4, -0.2) is 52.7 Å². The third kappa shape index (κ3) is 3.87. The minimum Gasteiger partial charge on any atom is -0.435 e. The lowest BCUT2D eigenvalue weighted by atomic mass is 9.98. The van der Waals surface area contributed by atoms with Gasteiger partial charge in [-0.25, -0.2) is 4.68 Å². The van der Waals surface area contributed by atoms with Crippen LogP contribution in [0.3, 0.4) is 0 Å². The molecule has 2 aliphatic heterocycles. The van der Waals surface area contributed by atoms with Gasteiger partial charge in [-0.05, 0) is 31.5 Å². The summed E-state index contributed by atoms with van der Waals surface area (Å²) in [5.41, 5.74) is 2.85. The van der Waals surface area contributed by atoms with Crippen LogP contribution in [0.1, 0.15) is 53.2 Å². The first-order valence-corrected chi connectivity index (χ1v) is 10.2. The second-order valence-electron chi connectivity index (χ2n) is 7.92. The third-order valence-electron chi connectivity index (χ3n) is 5.95. The largest absolute Gasteiger partial charge is 0.435 e. The molecule has 0 radical (unpaired) electrons. The van der Waals surface area contributed by atoms with Crippen molar-refractivity contribution < 1.29 is 23.1 Å². The molecule has 0 saturated carbocycles. The molecule has 8 nitrogen and oxygen atoms in total. The summed E-state index contributed by atoms with van der Waals surface area (Å²) in [4.78, 5) is 27.8. The summed E-state index contributed by atoms with van der Waals surface area (Å²) in [5, 5.41) is 10.6. The molecule has 4 rings (SSSR count). The zero-order chi connectivity index (χ0) is 22.3. The van der Waals surface area contributed by atoms with Gasteiger partial charge in [0.05, 0.1) is 18.3 Å². The number of ether oxygens (including phenoxy) is 1. The molecule has 31 heavy (non-hydrogen) atoms. The van der Waals surface area contributed by atoms with Crippen LogP contribution in [0.2, 0.25) is 0 Å². The standard InChI is InChI=1S/C21H25F2N5O3/c1-11-8-16-15(9-25-11)18-20(30)27(10-17(19(29)24-3)28(18)26-16)12(2)13-4-6-14(7-5-13)31-21(22)23/h4-7,11-12,17,21,25H,8-10H2,1-3H3,(H,24,29)/t11-,12+,17+/m1/s1. The van der Waals surface area contributed by atoms with E-state index in [2.05, 4.69) is 27.4 Å². The van der Waals surface area contributed by atoms with Crippen molar-refractivity contribution in [3.8, 4) is 5.75 Å². The minimum atomic E-state index is -2.90. The predicted molar refractivity (Wildman–Crippen MR) is 108 cm³/mol. The number of rotatable bonds is 5. The van der Waals surface area contributed by atoms with Crippen LogP contribution < -0.4 is 15.4 Å². The maximum atomic E-state index is 13.5. The summed E-state index contributed by atoms with van der Waals surface area (Å²) < 4.78 is 30.8. The van der Waals surface area contributed by atoms with Crippen molar-refractivity contribution >= 4 is 11.8 Å². The number of carbonyl (C=O) groups is 2. The van der Waals surface area contributed by atoms with Crippen molar-refractivity contribution in [3.63, 3.8) is 0 Å². The number of aromatic nitrogens is 2. The Bertz CT molecular complexity index is 992. The average molecular weight is 433 g/mol. The van der Waals surface area contributed by atoms with Gasteiger partial charge >= 0.3 is 6.61 Å². The van der Waals surface area contributed by atoms with E-state index in [1.54, 1.807) is 28.8 Å². The molecule has 3 heterocycles. The fraction of sp³-hybridized carbons (Fsp3) is 0.476. The van der Waals surface area contributed by atoms with Crippen LogP contribution in [0.25, 0.3) is 0 Å². The Hall–Kier alpha value is -3.01. The van der Waals surface area contributed by atoms with Gasteiger partial charge in [0.1, 0.15) is 17.5 Å². The van der Waals surface area contributed by atoms with Crippen molar-refractivity contribution in [2.45, 2.75) is 51.6 Å². The van der Waals surface area contributed by atoms with Crippen molar-refractivity contribution in [1.29, 1.82) is 0 Å². The van der Waals surface area contributed by atoms with Crippen LogP contribution in [0.15, 0.2) is 24.3 Å². The number of hydrogen-bond acceptors (Lipinski definition) is 5. The van der Waals surface area contributed by atoms with Crippen molar-refractivity contribution in [2.75, 3.05) is 13.6 Å². The first kappa shape index (κ1) is 21.2. The van der Waals surface area contributed by atoms with E-state index >= 15 is 0 Å². The Kier molecular flexibility index (Phi) is 5.65. The number of amides is 2. The van der Waals surface area contributed by atoms with Crippen molar-refractivity contribution in [1.82, 2.24) is 25.3 Å². The number of benzene rings is 1. The van der Waals surface area contributed by atoms with Gasteiger partial charge < -0.3 is 20.3 Å². The highest BCUT2D eigenvalue weighted by Crippen LogP contribution is 2.33. The van der Waals surface area contributed by atoms with Gasteiger partial charge in [-0.15, -0.1) is 0 Å². The molecule has 0 saturated heterocycles. The maximum absolute atomic E-state index is 13.5. The lowest BCUT2D eigenvalue weighted by Crippen LogP contribution is -2.49. The summed E-state index contributed by atoms with van der Waals surface area (Å²) >= 11 is 0. The average Bonchev–Trinajstić information content (AvgIpc) is 3.12. The fourth-order valence-electron chi connectivity index (χ4n) is 4.24. The van der Waals surface area contributed by atoms with E-state index in [0.717, 1.165) is 16.8 Å². The molecule has 1 aromatic heterocycles. The minimum absolute atomic E-state index is 0.0477. The molecular weight excluding hydrogens is 408 g/mol. The lowest BCUT2D eigenvalue weighted by Gasteiger charge is -2.37. The normalized spacial score (nSPS) is 21.5. The zero-order valence-corrected chi connectivity index (χ0v) is 17.6. The van der Waals surface area contributed by atoms with Gasteiger partial charge in [0.2, 0.25) is 5.91 Å². The summed E-state index contributed by atoms with van der Waals surface area (Å²) in [5.74, 6) is -0.385. The Morgan fingerprint density at radius 2 is 2.03 bits per heavy atom. The van der Waals surface area contributed by atoms with Gasteiger partial charge in [-0.1, -0.05) is 12.1 Å². The van der Waals surface area contributed by atoms with E-state index in [1.807, 2.05) is 6.92 Å². The molecule has 0 unspecified atom stereocenters. The van der Waals surface area contributed by atoms with Crippen LogP contribution in [0.5, 0.6) is 5.75 Å². The van der Waals surface area contributed by atoms with Gasteiger partial charge in [-0.2, -0.15) is 13.9 Å². The van der Waals surface area contributed by atoms with Crippen LogP contribution in [0, 0.1) is 0 Å². The van der Waals surface area contributed by atoms with E-state index in [1.165, 1.54) is 12.1 Å². The lowest BCUT2D eigenvalue weighted by molar-refractivity contribution is -0.125. The fourth-order valence-corrected chi connectivity index (χ4v) is 4.24. The molecule has 10 heteroatoms. The van der Waals surface area contributed by atoms with E-state index in [0.29, 0.717) is 18.7 Å².